The zero-order valence-electron chi connectivity index (χ0n) is 10.8. The molecule has 2 amide bonds. The van der Waals surface area contributed by atoms with Gasteiger partial charge in [-0.2, -0.15) is 0 Å². The topological polar surface area (TPSA) is 86.7 Å². The normalized spacial score (nSPS) is 22.6. The number of hydrogen-bond acceptors (Lipinski definition) is 3. The molecule has 1 saturated carbocycles. The van der Waals surface area contributed by atoms with E-state index >= 15 is 0 Å². The zero-order chi connectivity index (χ0) is 13.7. The van der Waals surface area contributed by atoms with Gasteiger partial charge in [0.05, 0.1) is 5.92 Å². The van der Waals surface area contributed by atoms with Crippen LogP contribution in [0.2, 0.25) is 0 Å². The molecule has 1 aliphatic rings. The Morgan fingerprint density at radius 3 is 2.39 bits per heavy atom. The molecule has 102 valence electrons. The van der Waals surface area contributed by atoms with Crippen LogP contribution in [0.3, 0.4) is 0 Å². The first-order chi connectivity index (χ1) is 8.45. The number of nitrogens with zero attached hydrogens (tertiary/aromatic N) is 1. The molecule has 0 spiro atoms. The summed E-state index contributed by atoms with van der Waals surface area (Å²) in [6, 6.07) is 0. The molecule has 1 fully saturated rings. The monoisotopic (exact) mass is 256 g/mol. The van der Waals surface area contributed by atoms with E-state index in [0.29, 0.717) is 25.8 Å². The van der Waals surface area contributed by atoms with Crippen LogP contribution < -0.4 is 5.32 Å². The van der Waals surface area contributed by atoms with Crippen molar-refractivity contribution in [1.29, 1.82) is 0 Å². The van der Waals surface area contributed by atoms with Crippen LogP contribution in [-0.2, 0) is 14.4 Å². The SMILES string of the molecule is CNC(=O)CCN(C)C(=O)C1CCC(C(=O)O)C1. The second-order valence-corrected chi connectivity index (χ2v) is 4.73. The third-order valence-corrected chi connectivity index (χ3v) is 3.46. The zero-order valence-corrected chi connectivity index (χ0v) is 10.8. The van der Waals surface area contributed by atoms with Gasteiger partial charge in [-0.1, -0.05) is 0 Å². The molecule has 2 unspecified atom stereocenters. The van der Waals surface area contributed by atoms with E-state index < -0.39 is 11.9 Å². The van der Waals surface area contributed by atoms with E-state index in [4.69, 9.17) is 5.11 Å². The number of aliphatic carboxylic acids is 1. The summed E-state index contributed by atoms with van der Waals surface area (Å²) in [6.45, 7) is 0.368. The molecule has 1 aliphatic carbocycles. The fourth-order valence-electron chi connectivity index (χ4n) is 2.25. The van der Waals surface area contributed by atoms with Gasteiger partial charge in [-0.3, -0.25) is 14.4 Å². The number of carboxylic acids is 1. The van der Waals surface area contributed by atoms with Gasteiger partial charge in [0.15, 0.2) is 0 Å². The molecule has 0 saturated heterocycles. The maximum absolute atomic E-state index is 12.0. The van der Waals surface area contributed by atoms with Crippen molar-refractivity contribution in [3.8, 4) is 0 Å². The minimum atomic E-state index is -0.821. The van der Waals surface area contributed by atoms with E-state index in [1.165, 1.54) is 4.90 Å². The van der Waals surface area contributed by atoms with Crippen molar-refractivity contribution in [2.45, 2.75) is 25.7 Å². The van der Waals surface area contributed by atoms with Crippen molar-refractivity contribution in [2.75, 3.05) is 20.6 Å². The van der Waals surface area contributed by atoms with E-state index in [9.17, 15) is 14.4 Å². The van der Waals surface area contributed by atoms with Crippen LogP contribution >= 0.6 is 0 Å². The smallest absolute Gasteiger partial charge is 0.306 e. The minimum Gasteiger partial charge on any atom is -0.481 e. The summed E-state index contributed by atoms with van der Waals surface area (Å²) < 4.78 is 0. The van der Waals surface area contributed by atoms with Crippen LogP contribution in [0.5, 0.6) is 0 Å². The molecule has 2 N–H and O–H groups in total. The molecule has 18 heavy (non-hydrogen) atoms. The summed E-state index contributed by atoms with van der Waals surface area (Å²) in [6.07, 6.45) is 1.88. The number of amides is 2. The third-order valence-electron chi connectivity index (χ3n) is 3.46. The predicted octanol–water partition coefficient (Wildman–Crippen LogP) is 0.0818. The second-order valence-electron chi connectivity index (χ2n) is 4.73. The molecule has 1 rings (SSSR count). The number of carboxylic acid groups (broad SMARTS) is 1. The van der Waals surface area contributed by atoms with Gasteiger partial charge in [-0.05, 0) is 19.3 Å². The Labute approximate surface area is 106 Å². The highest BCUT2D eigenvalue weighted by Gasteiger charge is 2.35. The highest BCUT2D eigenvalue weighted by Crippen LogP contribution is 2.32. The lowest BCUT2D eigenvalue weighted by Crippen LogP contribution is -2.35. The van der Waals surface area contributed by atoms with E-state index in [1.807, 2.05) is 0 Å². The van der Waals surface area contributed by atoms with Crippen molar-refractivity contribution in [2.24, 2.45) is 11.8 Å². The summed E-state index contributed by atoms with van der Waals surface area (Å²) in [5.74, 6) is -1.59. The van der Waals surface area contributed by atoms with Crippen molar-refractivity contribution >= 4 is 17.8 Å². The lowest BCUT2D eigenvalue weighted by atomic mass is 10.0. The Morgan fingerprint density at radius 1 is 1.28 bits per heavy atom. The van der Waals surface area contributed by atoms with Gasteiger partial charge in [-0.25, -0.2) is 0 Å². The van der Waals surface area contributed by atoms with Gasteiger partial charge >= 0.3 is 5.97 Å². The first-order valence-electron chi connectivity index (χ1n) is 6.14. The van der Waals surface area contributed by atoms with Gasteiger partial charge in [0, 0.05) is 33.0 Å². The maximum atomic E-state index is 12.0. The van der Waals surface area contributed by atoms with Gasteiger partial charge in [0.2, 0.25) is 11.8 Å². The van der Waals surface area contributed by atoms with Crippen LogP contribution in [0.1, 0.15) is 25.7 Å². The Kier molecular flexibility index (Phi) is 5.12. The second kappa shape index (κ2) is 6.37. The molecule has 0 aromatic heterocycles. The standard InChI is InChI=1S/C12H20N2O4/c1-13-10(15)5-6-14(2)11(16)8-3-4-9(7-8)12(17)18/h8-9H,3-7H2,1-2H3,(H,13,15)(H,17,18). The van der Waals surface area contributed by atoms with E-state index in [1.54, 1.807) is 14.1 Å². The van der Waals surface area contributed by atoms with E-state index in [-0.39, 0.29) is 24.2 Å². The molecule has 0 aromatic carbocycles. The largest absolute Gasteiger partial charge is 0.481 e. The predicted molar refractivity (Wildman–Crippen MR) is 64.8 cm³/mol. The fourth-order valence-corrected chi connectivity index (χ4v) is 2.25. The highest BCUT2D eigenvalue weighted by atomic mass is 16.4. The Balaban J connectivity index is 2.40. The molecule has 6 heteroatoms. The molecule has 2 atom stereocenters. The van der Waals surface area contributed by atoms with E-state index in [0.717, 1.165) is 0 Å². The molecular weight excluding hydrogens is 236 g/mol. The first kappa shape index (κ1) is 14.5. The number of carbonyl (C=O) groups excluding carboxylic acids is 2. The van der Waals surface area contributed by atoms with Gasteiger partial charge in [-0.15, -0.1) is 0 Å². The van der Waals surface area contributed by atoms with Crippen LogP contribution in [-0.4, -0.2) is 48.4 Å². The van der Waals surface area contributed by atoms with Crippen LogP contribution in [0, 0.1) is 11.8 Å². The maximum Gasteiger partial charge on any atom is 0.306 e. The van der Waals surface area contributed by atoms with Gasteiger partial charge < -0.3 is 15.3 Å². The number of rotatable bonds is 5. The first-order valence-corrected chi connectivity index (χ1v) is 6.14. The fraction of sp³-hybridized carbons (Fsp3) is 0.750. The number of hydrogen-bond donors (Lipinski definition) is 2. The lowest BCUT2D eigenvalue weighted by Gasteiger charge is -2.20. The molecule has 0 bridgehead atoms. The Morgan fingerprint density at radius 2 is 1.89 bits per heavy atom. The third kappa shape index (κ3) is 3.72. The van der Waals surface area contributed by atoms with Crippen LogP contribution in [0.15, 0.2) is 0 Å². The van der Waals surface area contributed by atoms with Crippen LogP contribution in [0.25, 0.3) is 0 Å². The summed E-state index contributed by atoms with van der Waals surface area (Å²) in [5.41, 5.74) is 0. The van der Waals surface area contributed by atoms with Crippen molar-refractivity contribution in [3.63, 3.8) is 0 Å². The molecule has 0 heterocycles. The van der Waals surface area contributed by atoms with Crippen molar-refractivity contribution in [1.82, 2.24) is 10.2 Å². The summed E-state index contributed by atoms with van der Waals surface area (Å²) in [4.78, 5) is 35.4. The van der Waals surface area contributed by atoms with Crippen molar-refractivity contribution < 1.29 is 19.5 Å². The number of nitrogens with one attached hydrogen (secondary N) is 1. The lowest BCUT2D eigenvalue weighted by molar-refractivity contribution is -0.141. The minimum absolute atomic E-state index is 0.0531. The Hall–Kier alpha value is -1.59. The average molecular weight is 256 g/mol. The molecule has 0 aliphatic heterocycles. The van der Waals surface area contributed by atoms with Crippen molar-refractivity contribution in [3.05, 3.63) is 0 Å². The average Bonchev–Trinajstić information content (AvgIpc) is 2.84. The molecule has 6 nitrogen and oxygen atoms in total. The quantitative estimate of drug-likeness (QED) is 0.729. The van der Waals surface area contributed by atoms with E-state index in [2.05, 4.69) is 5.32 Å². The summed E-state index contributed by atoms with van der Waals surface area (Å²) in [7, 11) is 3.21. The van der Waals surface area contributed by atoms with Gasteiger partial charge in [0.1, 0.15) is 0 Å². The number of carbonyl (C=O) groups is 3. The molecule has 0 aromatic rings. The Bertz CT molecular complexity index is 343. The molecular formula is C12H20N2O4. The summed E-state index contributed by atoms with van der Waals surface area (Å²) >= 11 is 0. The van der Waals surface area contributed by atoms with Gasteiger partial charge in [0.25, 0.3) is 0 Å². The van der Waals surface area contributed by atoms with Crippen LogP contribution in [0.4, 0.5) is 0 Å². The molecule has 0 radical (unpaired) electrons. The highest BCUT2D eigenvalue weighted by molar-refractivity contribution is 5.81. The summed E-state index contributed by atoms with van der Waals surface area (Å²) in [5, 5.41) is 11.4.